The highest BCUT2D eigenvalue weighted by Gasteiger charge is 2.39. The van der Waals surface area contributed by atoms with E-state index in [4.69, 9.17) is 5.73 Å². The lowest BCUT2D eigenvalue weighted by Gasteiger charge is -2.46. The van der Waals surface area contributed by atoms with Crippen molar-refractivity contribution in [2.45, 2.75) is 25.3 Å². The van der Waals surface area contributed by atoms with E-state index in [1.165, 1.54) is 0 Å². The zero-order chi connectivity index (χ0) is 9.47. The lowest BCUT2D eigenvalue weighted by molar-refractivity contribution is 0.0853. The number of nitrogens with zero attached hydrogens (tertiary/aromatic N) is 2. The van der Waals surface area contributed by atoms with Gasteiger partial charge in [-0.15, -0.1) is 0 Å². The van der Waals surface area contributed by atoms with Crippen molar-refractivity contribution in [3.8, 4) is 0 Å². The fourth-order valence-electron chi connectivity index (χ4n) is 2.07. The molecule has 0 saturated carbocycles. The van der Waals surface area contributed by atoms with Gasteiger partial charge in [0, 0.05) is 31.7 Å². The predicted octanol–water partition coefficient (Wildman–Crippen LogP) is 0.235. The largest absolute Gasteiger partial charge is 0.325 e. The molecule has 2 N–H and O–H groups in total. The monoisotopic (exact) mass is 183 g/mol. The minimum atomic E-state index is -0.143. The number of carbonyl (C=O) groups is 1. The second kappa shape index (κ2) is 2.87. The third kappa shape index (κ3) is 1.63. The second-order valence-corrected chi connectivity index (χ2v) is 4.49. The smallest absolute Gasteiger partial charge is 0.320 e. The summed E-state index contributed by atoms with van der Waals surface area (Å²) in [5.41, 5.74) is 5.69. The van der Waals surface area contributed by atoms with Crippen LogP contribution in [-0.4, -0.2) is 47.5 Å². The van der Waals surface area contributed by atoms with Crippen molar-refractivity contribution < 1.29 is 4.79 Å². The van der Waals surface area contributed by atoms with Crippen LogP contribution >= 0.6 is 0 Å². The fraction of sp³-hybridized carbons (Fsp3) is 0.889. The van der Waals surface area contributed by atoms with Crippen LogP contribution in [0.2, 0.25) is 0 Å². The molecule has 2 fully saturated rings. The molecule has 0 atom stereocenters. The van der Waals surface area contributed by atoms with E-state index in [0.29, 0.717) is 13.1 Å². The standard InChI is InChI=1S/C9H17N3O/c1-9(10)6-12(7-9)8(13)11-4-2-3-5-11/h2-7,10H2,1H3. The quantitative estimate of drug-likeness (QED) is 0.584. The van der Waals surface area contributed by atoms with Gasteiger partial charge in [0.15, 0.2) is 0 Å². The first-order valence-electron chi connectivity index (χ1n) is 4.91. The molecule has 0 bridgehead atoms. The third-order valence-corrected chi connectivity index (χ3v) is 2.75. The molecule has 2 amide bonds. The molecule has 0 unspecified atom stereocenters. The van der Waals surface area contributed by atoms with Crippen LogP contribution in [0.15, 0.2) is 0 Å². The first-order chi connectivity index (χ1) is 6.08. The van der Waals surface area contributed by atoms with Gasteiger partial charge in [0.05, 0.1) is 0 Å². The molecule has 2 saturated heterocycles. The van der Waals surface area contributed by atoms with Crippen LogP contribution in [0.25, 0.3) is 0 Å². The summed E-state index contributed by atoms with van der Waals surface area (Å²) in [4.78, 5) is 15.5. The molecule has 0 spiro atoms. The van der Waals surface area contributed by atoms with E-state index in [1.54, 1.807) is 0 Å². The van der Waals surface area contributed by atoms with Gasteiger partial charge in [-0.05, 0) is 19.8 Å². The zero-order valence-electron chi connectivity index (χ0n) is 8.12. The lowest BCUT2D eigenvalue weighted by atomic mass is 9.94. The normalized spacial score (nSPS) is 26.0. The number of urea groups is 1. The van der Waals surface area contributed by atoms with E-state index in [1.807, 2.05) is 16.7 Å². The topological polar surface area (TPSA) is 49.6 Å². The molecular weight excluding hydrogens is 166 g/mol. The Morgan fingerprint density at radius 3 is 2.23 bits per heavy atom. The van der Waals surface area contributed by atoms with Crippen molar-refractivity contribution in [2.75, 3.05) is 26.2 Å². The zero-order valence-corrected chi connectivity index (χ0v) is 8.12. The van der Waals surface area contributed by atoms with Gasteiger partial charge in [0.2, 0.25) is 0 Å². The van der Waals surface area contributed by atoms with Crippen molar-refractivity contribution in [3.05, 3.63) is 0 Å². The van der Waals surface area contributed by atoms with Crippen molar-refractivity contribution in [3.63, 3.8) is 0 Å². The summed E-state index contributed by atoms with van der Waals surface area (Å²) in [6.45, 7) is 5.26. The highest BCUT2D eigenvalue weighted by molar-refractivity contribution is 5.76. The first kappa shape index (κ1) is 8.81. The van der Waals surface area contributed by atoms with Gasteiger partial charge in [-0.1, -0.05) is 0 Å². The number of rotatable bonds is 0. The summed E-state index contributed by atoms with van der Waals surface area (Å²) in [7, 11) is 0. The van der Waals surface area contributed by atoms with Crippen LogP contribution in [-0.2, 0) is 0 Å². The number of likely N-dealkylation sites (tertiary alicyclic amines) is 2. The molecule has 2 aliphatic heterocycles. The van der Waals surface area contributed by atoms with Gasteiger partial charge < -0.3 is 15.5 Å². The Hall–Kier alpha value is -0.770. The number of carbonyl (C=O) groups excluding carboxylic acids is 1. The highest BCUT2D eigenvalue weighted by atomic mass is 16.2. The Balaban J connectivity index is 1.85. The summed E-state index contributed by atoms with van der Waals surface area (Å²) in [5, 5.41) is 0. The lowest BCUT2D eigenvalue weighted by Crippen LogP contribution is -2.68. The molecule has 4 nitrogen and oxygen atoms in total. The molecular formula is C9H17N3O. The van der Waals surface area contributed by atoms with Crippen LogP contribution in [0.1, 0.15) is 19.8 Å². The van der Waals surface area contributed by atoms with Gasteiger partial charge in [-0.2, -0.15) is 0 Å². The van der Waals surface area contributed by atoms with Crippen LogP contribution in [0.5, 0.6) is 0 Å². The van der Waals surface area contributed by atoms with Crippen molar-refractivity contribution in [1.29, 1.82) is 0 Å². The van der Waals surface area contributed by atoms with E-state index in [-0.39, 0.29) is 11.6 Å². The molecule has 2 heterocycles. The molecule has 13 heavy (non-hydrogen) atoms. The summed E-state index contributed by atoms with van der Waals surface area (Å²) < 4.78 is 0. The molecule has 0 radical (unpaired) electrons. The molecule has 0 aromatic heterocycles. The van der Waals surface area contributed by atoms with Crippen molar-refractivity contribution >= 4 is 6.03 Å². The van der Waals surface area contributed by atoms with Gasteiger partial charge in [-0.3, -0.25) is 0 Å². The summed E-state index contributed by atoms with van der Waals surface area (Å²) >= 11 is 0. The molecule has 0 aromatic carbocycles. The number of amides is 2. The van der Waals surface area contributed by atoms with Gasteiger partial charge in [-0.25, -0.2) is 4.79 Å². The maximum absolute atomic E-state index is 11.7. The third-order valence-electron chi connectivity index (χ3n) is 2.75. The number of hydrogen-bond acceptors (Lipinski definition) is 2. The van der Waals surface area contributed by atoms with E-state index in [9.17, 15) is 4.79 Å². The van der Waals surface area contributed by atoms with E-state index in [2.05, 4.69) is 0 Å². The SMILES string of the molecule is CC1(N)CN(C(=O)N2CCCC2)C1. The van der Waals surface area contributed by atoms with Crippen LogP contribution < -0.4 is 5.73 Å². The number of nitrogens with two attached hydrogens (primary N) is 1. The molecule has 2 aliphatic rings. The molecule has 2 rings (SSSR count). The Morgan fingerprint density at radius 1 is 1.23 bits per heavy atom. The van der Waals surface area contributed by atoms with E-state index in [0.717, 1.165) is 25.9 Å². The second-order valence-electron chi connectivity index (χ2n) is 4.49. The minimum absolute atomic E-state index is 0.143. The Labute approximate surface area is 78.7 Å². The average molecular weight is 183 g/mol. The summed E-state index contributed by atoms with van der Waals surface area (Å²) in [6.07, 6.45) is 2.30. The molecule has 0 aliphatic carbocycles. The molecule has 74 valence electrons. The van der Waals surface area contributed by atoms with Crippen LogP contribution in [0.4, 0.5) is 4.79 Å². The first-order valence-corrected chi connectivity index (χ1v) is 4.91. The average Bonchev–Trinajstić information content (AvgIpc) is 2.50. The van der Waals surface area contributed by atoms with Gasteiger partial charge >= 0.3 is 6.03 Å². The fourth-order valence-corrected chi connectivity index (χ4v) is 2.07. The Morgan fingerprint density at radius 2 is 1.77 bits per heavy atom. The highest BCUT2D eigenvalue weighted by Crippen LogP contribution is 2.20. The molecule has 4 heteroatoms. The maximum atomic E-state index is 11.7. The van der Waals surface area contributed by atoms with Crippen LogP contribution in [0.3, 0.4) is 0 Å². The molecule has 0 aromatic rings. The van der Waals surface area contributed by atoms with Crippen LogP contribution in [0, 0.1) is 0 Å². The van der Waals surface area contributed by atoms with Crippen molar-refractivity contribution in [1.82, 2.24) is 9.80 Å². The van der Waals surface area contributed by atoms with Gasteiger partial charge in [0.25, 0.3) is 0 Å². The Kier molecular flexibility index (Phi) is 1.95. The summed E-state index contributed by atoms with van der Waals surface area (Å²) in [6, 6.07) is 0.181. The summed E-state index contributed by atoms with van der Waals surface area (Å²) in [5.74, 6) is 0. The predicted molar refractivity (Wildman–Crippen MR) is 50.4 cm³/mol. The van der Waals surface area contributed by atoms with E-state index < -0.39 is 0 Å². The number of hydrogen-bond donors (Lipinski definition) is 1. The maximum Gasteiger partial charge on any atom is 0.320 e. The van der Waals surface area contributed by atoms with Gasteiger partial charge in [0.1, 0.15) is 0 Å². The van der Waals surface area contributed by atoms with Crippen molar-refractivity contribution in [2.24, 2.45) is 5.73 Å². The minimum Gasteiger partial charge on any atom is -0.325 e. The van der Waals surface area contributed by atoms with E-state index >= 15 is 0 Å². The Bertz CT molecular complexity index is 213.